The van der Waals surface area contributed by atoms with Gasteiger partial charge >= 0.3 is 0 Å². The minimum absolute atomic E-state index is 0.0997. The predicted molar refractivity (Wildman–Crippen MR) is 90.7 cm³/mol. The molecule has 112 valence electrons. The van der Waals surface area contributed by atoms with Gasteiger partial charge in [-0.05, 0) is 42.7 Å². The third kappa shape index (κ3) is 3.92. The minimum atomic E-state index is -0.0997. The number of ether oxygens (including phenoxy) is 2. The van der Waals surface area contributed by atoms with Crippen molar-refractivity contribution in [2.24, 2.45) is 0 Å². The Bertz CT molecular complexity index is 628. The molecule has 0 amide bonds. The quantitative estimate of drug-likeness (QED) is 0.666. The Morgan fingerprint density at radius 2 is 1.76 bits per heavy atom. The van der Waals surface area contributed by atoms with Crippen molar-refractivity contribution in [2.75, 3.05) is 14.2 Å². The van der Waals surface area contributed by atoms with Crippen molar-refractivity contribution in [3.8, 4) is 11.5 Å². The zero-order chi connectivity index (χ0) is 15.4. The van der Waals surface area contributed by atoms with Gasteiger partial charge in [-0.15, -0.1) is 11.6 Å². The van der Waals surface area contributed by atoms with Crippen molar-refractivity contribution >= 4 is 27.5 Å². The zero-order valence-electron chi connectivity index (χ0n) is 12.3. The number of methoxy groups -OCH3 is 2. The van der Waals surface area contributed by atoms with Crippen LogP contribution in [-0.2, 0) is 6.42 Å². The summed E-state index contributed by atoms with van der Waals surface area (Å²) in [6.07, 6.45) is 0.726. The molecule has 1 atom stereocenters. The van der Waals surface area contributed by atoms with Gasteiger partial charge in [-0.1, -0.05) is 39.7 Å². The van der Waals surface area contributed by atoms with E-state index in [0.717, 1.165) is 33.5 Å². The van der Waals surface area contributed by atoms with Crippen molar-refractivity contribution in [1.82, 2.24) is 0 Å². The number of alkyl halides is 1. The van der Waals surface area contributed by atoms with Gasteiger partial charge in [0.25, 0.3) is 0 Å². The van der Waals surface area contributed by atoms with E-state index in [2.05, 4.69) is 35.0 Å². The summed E-state index contributed by atoms with van der Waals surface area (Å²) in [6.45, 7) is 2.07. The van der Waals surface area contributed by atoms with E-state index in [1.165, 1.54) is 5.56 Å². The molecule has 0 spiro atoms. The third-order valence-electron chi connectivity index (χ3n) is 3.35. The molecular weight excluding hydrogens is 352 g/mol. The Balaban J connectivity index is 2.23. The lowest BCUT2D eigenvalue weighted by molar-refractivity contribution is 0.354. The zero-order valence-corrected chi connectivity index (χ0v) is 14.7. The minimum Gasteiger partial charge on any atom is -0.493 e. The topological polar surface area (TPSA) is 18.5 Å². The summed E-state index contributed by atoms with van der Waals surface area (Å²) in [6, 6.07) is 12.1. The maximum Gasteiger partial charge on any atom is 0.160 e. The van der Waals surface area contributed by atoms with Crippen molar-refractivity contribution in [1.29, 1.82) is 0 Å². The number of rotatable bonds is 5. The maximum absolute atomic E-state index is 6.59. The average Bonchev–Trinajstić information content (AvgIpc) is 2.49. The van der Waals surface area contributed by atoms with E-state index in [4.69, 9.17) is 21.1 Å². The second kappa shape index (κ2) is 7.19. The molecule has 0 saturated heterocycles. The lowest BCUT2D eigenvalue weighted by Gasteiger charge is -2.14. The van der Waals surface area contributed by atoms with Crippen LogP contribution in [0.5, 0.6) is 11.5 Å². The molecule has 0 aliphatic carbocycles. The largest absolute Gasteiger partial charge is 0.493 e. The number of hydrogen-bond donors (Lipinski definition) is 0. The Morgan fingerprint density at radius 3 is 2.43 bits per heavy atom. The summed E-state index contributed by atoms with van der Waals surface area (Å²) in [4.78, 5) is 0. The Kier molecular flexibility index (Phi) is 5.54. The normalized spacial score (nSPS) is 12.0. The number of aryl methyl sites for hydroxylation is 1. The van der Waals surface area contributed by atoms with Gasteiger partial charge in [-0.2, -0.15) is 0 Å². The van der Waals surface area contributed by atoms with Crippen LogP contribution in [0, 0.1) is 6.92 Å². The van der Waals surface area contributed by atoms with Gasteiger partial charge in [0.15, 0.2) is 11.5 Å². The van der Waals surface area contributed by atoms with Crippen LogP contribution in [0.25, 0.3) is 0 Å². The molecule has 2 nitrogen and oxygen atoms in total. The molecule has 0 radical (unpaired) electrons. The number of halogens is 2. The smallest absolute Gasteiger partial charge is 0.160 e. The molecular formula is C17H18BrClO2. The highest BCUT2D eigenvalue weighted by Crippen LogP contribution is 2.34. The Morgan fingerprint density at radius 1 is 1.05 bits per heavy atom. The molecule has 0 fully saturated rings. The first-order valence-electron chi connectivity index (χ1n) is 6.66. The summed E-state index contributed by atoms with van der Waals surface area (Å²) in [7, 11) is 3.27. The molecule has 1 unspecified atom stereocenters. The molecule has 2 aromatic rings. The molecule has 0 aliphatic heterocycles. The number of benzene rings is 2. The van der Waals surface area contributed by atoms with Crippen molar-refractivity contribution in [3.63, 3.8) is 0 Å². The molecule has 0 N–H and O–H groups in total. The molecule has 0 saturated carbocycles. The van der Waals surface area contributed by atoms with Crippen LogP contribution in [0.15, 0.2) is 40.9 Å². The molecule has 0 aromatic heterocycles. The predicted octanol–water partition coefficient (Wildman–Crippen LogP) is 5.30. The van der Waals surface area contributed by atoms with Crippen LogP contribution in [0.3, 0.4) is 0 Å². The summed E-state index contributed by atoms with van der Waals surface area (Å²) in [5, 5.41) is -0.0997. The van der Waals surface area contributed by atoms with Crippen LogP contribution in [0.1, 0.15) is 22.1 Å². The van der Waals surface area contributed by atoms with E-state index in [1.54, 1.807) is 14.2 Å². The van der Waals surface area contributed by atoms with Gasteiger partial charge in [0, 0.05) is 4.47 Å². The summed E-state index contributed by atoms with van der Waals surface area (Å²) in [5.41, 5.74) is 3.42. The molecule has 0 heterocycles. The molecule has 0 bridgehead atoms. The van der Waals surface area contributed by atoms with Gasteiger partial charge in [0.1, 0.15) is 0 Å². The summed E-state index contributed by atoms with van der Waals surface area (Å²) >= 11 is 10.2. The Hall–Kier alpha value is -1.19. The van der Waals surface area contributed by atoms with E-state index in [1.807, 2.05) is 24.3 Å². The molecule has 2 rings (SSSR count). The lowest BCUT2D eigenvalue weighted by Crippen LogP contribution is -1.99. The highest BCUT2D eigenvalue weighted by atomic mass is 79.9. The second-order valence-corrected chi connectivity index (χ2v) is 6.27. The third-order valence-corrected chi connectivity index (χ3v) is 4.46. The van der Waals surface area contributed by atoms with Crippen molar-refractivity contribution < 1.29 is 9.47 Å². The van der Waals surface area contributed by atoms with Crippen LogP contribution in [-0.4, -0.2) is 14.2 Å². The van der Waals surface area contributed by atoms with E-state index < -0.39 is 0 Å². The van der Waals surface area contributed by atoms with Crippen LogP contribution < -0.4 is 9.47 Å². The van der Waals surface area contributed by atoms with E-state index in [0.29, 0.717) is 0 Å². The molecule has 0 aliphatic rings. The fraction of sp³-hybridized carbons (Fsp3) is 0.294. The highest BCUT2D eigenvalue weighted by Gasteiger charge is 2.14. The van der Waals surface area contributed by atoms with Crippen molar-refractivity contribution in [3.05, 3.63) is 57.6 Å². The molecule has 21 heavy (non-hydrogen) atoms. The van der Waals surface area contributed by atoms with Gasteiger partial charge < -0.3 is 9.47 Å². The fourth-order valence-electron chi connectivity index (χ4n) is 2.23. The first kappa shape index (κ1) is 16.2. The summed E-state index contributed by atoms with van der Waals surface area (Å²) < 4.78 is 11.6. The van der Waals surface area contributed by atoms with Gasteiger partial charge in [0.05, 0.1) is 19.6 Å². The lowest BCUT2D eigenvalue weighted by atomic mass is 10.0. The first-order valence-corrected chi connectivity index (χ1v) is 7.89. The van der Waals surface area contributed by atoms with E-state index in [9.17, 15) is 0 Å². The van der Waals surface area contributed by atoms with Crippen LogP contribution >= 0.6 is 27.5 Å². The van der Waals surface area contributed by atoms with E-state index >= 15 is 0 Å². The van der Waals surface area contributed by atoms with Gasteiger partial charge in [-0.3, -0.25) is 0 Å². The van der Waals surface area contributed by atoms with Crippen LogP contribution in [0.4, 0.5) is 0 Å². The maximum atomic E-state index is 6.59. The standard InChI is InChI=1S/C17H18BrClO2/c1-11-4-6-14(18)13(8-11)15(19)9-12-5-7-16(20-2)17(10-12)21-3/h4-8,10,15H,9H2,1-3H3. The Labute approximate surface area is 139 Å². The van der Waals surface area contributed by atoms with Gasteiger partial charge in [-0.25, -0.2) is 0 Å². The SMILES string of the molecule is COc1ccc(CC(Cl)c2cc(C)ccc2Br)cc1OC. The molecule has 4 heteroatoms. The number of hydrogen-bond acceptors (Lipinski definition) is 2. The van der Waals surface area contributed by atoms with Crippen molar-refractivity contribution in [2.45, 2.75) is 18.7 Å². The second-order valence-electron chi connectivity index (χ2n) is 4.89. The average molecular weight is 370 g/mol. The monoisotopic (exact) mass is 368 g/mol. The van der Waals surface area contributed by atoms with E-state index in [-0.39, 0.29) is 5.38 Å². The highest BCUT2D eigenvalue weighted by molar-refractivity contribution is 9.10. The van der Waals surface area contributed by atoms with Crippen LogP contribution in [0.2, 0.25) is 0 Å². The van der Waals surface area contributed by atoms with Gasteiger partial charge in [0.2, 0.25) is 0 Å². The fourth-order valence-corrected chi connectivity index (χ4v) is 3.24. The molecule has 2 aromatic carbocycles. The summed E-state index contributed by atoms with van der Waals surface area (Å²) in [5.74, 6) is 1.45. The first-order chi connectivity index (χ1) is 10.0.